The van der Waals surface area contributed by atoms with Crippen molar-refractivity contribution >= 4 is 35.1 Å². The molecule has 1 unspecified atom stereocenters. The molecule has 0 bridgehead atoms. The maximum atomic E-state index is 14.3. The minimum absolute atomic E-state index is 0.00140. The van der Waals surface area contributed by atoms with Gasteiger partial charge in [-0.1, -0.05) is 35.3 Å². The summed E-state index contributed by atoms with van der Waals surface area (Å²) in [6, 6.07) is 6.34. The summed E-state index contributed by atoms with van der Waals surface area (Å²) in [5, 5.41) is 11.9. The zero-order chi connectivity index (χ0) is 27.6. The number of ether oxygens (including phenoxy) is 3. The van der Waals surface area contributed by atoms with Gasteiger partial charge in [-0.05, 0) is 30.3 Å². The van der Waals surface area contributed by atoms with Gasteiger partial charge in [0, 0.05) is 23.1 Å². The third-order valence-electron chi connectivity index (χ3n) is 5.49. The number of benzene rings is 3. The number of halogens is 6. The summed E-state index contributed by atoms with van der Waals surface area (Å²) >= 11 is 12.4. The molecule has 0 radical (unpaired) electrons. The molecule has 7 nitrogen and oxygen atoms in total. The molecule has 4 rings (SSSR count). The van der Waals surface area contributed by atoms with Crippen molar-refractivity contribution in [1.82, 2.24) is 5.32 Å². The average Bonchev–Trinajstić information content (AvgIpc) is 2.83. The molecule has 1 atom stereocenters. The van der Waals surface area contributed by atoms with Crippen LogP contribution in [0.15, 0.2) is 42.5 Å². The van der Waals surface area contributed by atoms with Crippen molar-refractivity contribution in [2.75, 3.05) is 13.2 Å². The SMILES string of the molecule is O=C(NC(Cc1ccc(-c2c(Cl)cc(F)cc2Cl)c2c1OCCO2)C(=O)O)c1c(F)cccc1OC(F)F. The lowest BCUT2D eigenvalue weighted by Crippen LogP contribution is -2.43. The third-order valence-corrected chi connectivity index (χ3v) is 6.09. The molecular formula is C25H17Cl2F4NO6. The second-order valence-corrected chi connectivity index (χ2v) is 8.75. The Bertz CT molecular complexity index is 1380. The molecule has 0 aliphatic carbocycles. The number of hydrogen-bond acceptors (Lipinski definition) is 5. The Hall–Kier alpha value is -3.70. The van der Waals surface area contributed by atoms with Crippen molar-refractivity contribution < 1.29 is 46.5 Å². The summed E-state index contributed by atoms with van der Waals surface area (Å²) in [6.07, 6.45) is -0.364. The van der Waals surface area contributed by atoms with Crippen LogP contribution in [0.5, 0.6) is 17.2 Å². The quantitative estimate of drug-likeness (QED) is 0.334. The highest BCUT2D eigenvalue weighted by Crippen LogP contribution is 2.47. The van der Waals surface area contributed by atoms with Crippen LogP contribution in [0.3, 0.4) is 0 Å². The Morgan fingerprint density at radius 1 is 1.03 bits per heavy atom. The van der Waals surface area contributed by atoms with E-state index in [-0.39, 0.29) is 52.3 Å². The van der Waals surface area contributed by atoms with Crippen LogP contribution < -0.4 is 19.5 Å². The second kappa shape index (κ2) is 11.4. The number of nitrogens with one attached hydrogen (secondary N) is 1. The van der Waals surface area contributed by atoms with Gasteiger partial charge >= 0.3 is 12.6 Å². The van der Waals surface area contributed by atoms with Gasteiger partial charge in [-0.3, -0.25) is 4.79 Å². The van der Waals surface area contributed by atoms with Gasteiger partial charge in [-0.25, -0.2) is 13.6 Å². The Labute approximate surface area is 222 Å². The number of carboxylic acid groups (broad SMARTS) is 1. The smallest absolute Gasteiger partial charge is 0.387 e. The van der Waals surface area contributed by atoms with E-state index < -0.39 is 47.5 Å². The van der Waals surface area contributed by atoms with Crippen molar-refractivity contribution in [3.8, 4) is 28.4 Å². The number of fused-ring (bicyclic) bond motifs is 1. The Morgan fingerprint density at radius 3 is 2.32 bits per heavy atom. The topological polar surface area (TPSA) is 94.1 Å². The van der Waals surface area contributed by atoms with E-state index in [4.69, 9.17) is 32.7 Å². The zero-order valence-electron chi connectivity index (χ0n) is 19.1. The van der Waals surface area contributed by atoms with Crippen molar-refractivity contribution in [2.24, 2.45) is 0 Å². The first-order chi connectivity index (χ1) is 18.1. The minimum atomic E-state index is -3.34. The lowest BCUT2D eigenvalue weighted by molar-refractivity contribution is -0.139. The van der Waals surface area contributed by atoms with E-state index in [1.54, 1.807) is 0 Å². The largest absolute Gasteiger partial charge is 0.486 e. The van der Waals surface area contributed by atoms with Gasteiger partial charge in [0.05, 0.1) is 10.0 Å². The fourth-order valence-corrected chi connectivity index (χ4v) is 4.58. The van der Waals surface area contributed by atoms with Gasteiger partial charge in [0.15, 0.2) is 11.5 Å². The standard InChI is InChI=1S/C25H17Cl2F4NO6/c26-14-9-12(28)10-15(27)19(14)13-5-4-11(21-22(13)37-7-6-36-21)8-17(24(34)35)32-23(33)20-16(29)2-1-3-18(20)38-25(30)31/h1-5,9-10,17,25H,6-8H2,(H,32,33)(H,34,35). The Morgan fingerprint density at radius 2 is 1.68 bits per heavy atom. The minimum Gasteiger partial charge on any atom is -0.486 e. The van der Waals surface area contributed by atoms with Gasteiger partial charge in [-0.2, -0.15) is 8.78 Å². The van der Waals surface area contributed by atoms with Gasteiger partial charge in [0.1, 0.15) is 42.2 Å². The molecule has 0 fully saturated rings. The maximum Gasteiger partial charge on any atom is 0.387 e. The maximum absolute atomic E-state index is 14.3. The number of alkyl halides is 2. The van der Waals surface area contributed by atoms with E-state index >= 15 is 0 Å². The Kier molecular flexibility index (Phi) is 8.17. The highest BCUT2D eigenvalue weighted by molar-refractivity contribution is 6.39. The molecule has 0 saturated heterocycles. The molecule has 1 aliphatic rings. The molecule has 2 N–H and O–H groups in total. The molecule has 3 aromatic rings. The predicted molar refractivity (Wildman–Crippen MR) is 128 cm³/mol. The monoisotopic (exact) mass is 573 g/mol. The second-order valence-electron chi connectivity index (χ2n) is 7.93. The summed E-state index contributed by atoms with van der Waals surface area (Å²) in [7, 11) is 0. The molecule has 0 spiro atoms. The van der Waals surface area contributed by atoms with Crippen LogP contribution in [0, 0.1) is 11.6 Å². The predicted octanol–water partition coefficient (Wildman–Crippen LogP) is 5.74. The van der Waals surface area contributed by atoms with Gasteiger partial charge in [0.25, 0.3) is 5.91 Å². The molecule has 1 amide bonds. The summed E-state index contributed by atoms with van der Waals surface area (Å²) in [6.45, 7) is -3.09. The molecule has 1 heterocycles. The summed E-state index contributed by atoms with van der Waals surface area (Å²) in [5.41, 5.74) is 0.0198. The van der Waals surface area contributed by atoms with Crippen LogP contribution >= 0.6 is 23.2 Å². The molecule has 13 heteroatoms. The van der Waals surface area contributed by atoms with Crippen molar-refractivity contribution in [1.29, 1.82) is 0 Å². The number of hydrogen-bond donors (Lipinski definition) is 2. The number of amides is 1. The molecule has 0 saturated carbocycles. The van der Waals surface area contributed by atoms with Crippen LogP contribution in [0.2, 0.25) is 10.0 Å². The van der Waals surface area contributed by atoms with E-state index in [1.807, 2.05) is 0 Å². The first-order valence-corrected chi connectivity index (χ1v) is 11.7. The number of rotatable bonds is 8. The lowest BCUT2D eigenvalue weighted by Gasteiger charge is -2.25. The summed E-state index contributed by atoms with van der Waals surface area (Å²) < 4.78 is 69.2. The van der Waals surface area contributed by atoms with E-state index in [2.05, 4.69) is 10.1 Å². The number of carbonyl (C=O) groups excluding carboxylic acids is 1. The van der Waals surface area contributed by atoms with Crippen LogP contribution in [0.25, 0.3) is 11.1 Å². The number of aliphatic carboxylic acids is 1. The van der Waals surface area contributed by atoms with Crippen LogP contribution in [0.4, 0.5) is 17.6 Å². The van der Waals surface area contributed by atoms with Gasteiger partial charge in [-0.15, -0.1) is 0 Å². The molecule has 200 valence electrons. The van der Waals surface area contributed by atoms with E-state index in [9.17, 15) is 32.3 Å². The average molecular weight is 574 g/mol. The Balaban J connectivity index is 1.68. The van der Waals surface area contributed by atoms with Crippen molar-refractivity contribution in [3.05, 3.63) is 75.3 Å². The van der Waals surface area contributed by atoms with Gasteiger partial charge < -0.3 is 24.6 Å². The molecule has 1 aliphatic heterocycles. The molecule has 3 aromatic carbocycles. The zero-order valence-corrected chi connectivity index (χ0v) is 20.6. The van der Waals surface area contributed by atoms with E-state index in [0.29, 0.717) is 5.56 Å². The first-order valence-electron chi connectivity index (χ1n) is 10.9. The first kappa shape index (κ1) is 27.3. The molecule has 0 aromatic heterocycles. The van der Waals surface area contributed by atoms with Crippen molar-refractivity contribution in [2.45, 2.75) is 19.1 Å². The van der Waals surface area contributed by atoms with Crippen molar-refractivity contribution in [3.63, 3.8) is 0 Å². The molecular weight excluding hydrogens is 557 g/mol. The molecule has 38 heavy (non-hydrogen) atoms. The van der Waals surface area contributed by atoms with Gasteiger partial charge in [0.2, 0.25) is 0 Å². The fraction of sp³-hybridized carbons (Fsp3) is 0.200. The van der Waals surface area contributed by atoms with Crippen LogP contribution in [-0.4, -0.2) is 42.9 Å². The summed E-state index contributed by atoms with van der Waals surface area (Å²) in [5.74, 6) is -5.06. The fourth-order valence-electron chi connectivity index (χ4n) is 3.92. The highest BCUT2D eigenvalue weighted by Gasteiger charge is 2.30. The number of carbonyl (C=O) groups is 2. The summed E-state index contributed by atoms with van der Waals surface area (Å²) in [4.78, 5) is 24.7. The highest BCUT2D eigenvalue weighted by atomic mass is 35.5. The van der Waals surface area contributed by atoms with E-state index in [1.165, 1.54) is 12.1 Å². The van der Waals surface area contributed by atoms with Crippen LogP contribution in [0.1, 0.15) is 15.9 Å². The van der Waals surface area contributed by atoms with E-state index in [0.717, 1.165) is 30.3 Å². The lowest BCUT2D eigenvalue weighted by atomic mass is 9.97. The third kappa shape index (κ3) is 5.73. The normalized spacial score (nSPS) is 13.2. The van der Waals surface area contributed by atoms with Crippen LogP contribution in [-0.2, 0) is 11.2 Å². The number of carboxylic acids is 1.